The number of nitrogens with one attached hydrogen (secondary N) is 1. The molecule has 2 aromatic carbocycles. The first-order valence-corrected chi connectivity index (χ1v) is 13.4. The second-order valence-electron chi connectivity index (χ2n) is 8.78. The van der Waals surface area contributed by atoms with Crippen LogP contribution in [0.15, 0.2) is 48.5 Å². The number of ether oxygens (including phenoxy) is 1. The Morgan fingerprint density at radius 2 is 1.85 bits per heavy atom. The van der Waals surface area contributed by atoms with Crippen molar-refractivity contribution in [1.82, 2.24) is 9.62 Å². The fourth-order valence-electron chi connectivity index (χ4n) is 4.46. The number of piperidine rings is 1. The predicted octanol–water partition coefficient (Wildman–Crippen LogP) is 4.25. The van der Waals surface area contributed by atoms with Gasteiger partial charge in [-0.15, -0.1) is 0 Å². The van der Waals surface area contributed by atoms with Gasteiger partial charge in [-0.25, -0.2) is 12.7 Å². The predicted molar refractivity (Wildman–Crippen MR) is 132 cm³/mol. The van der Waals surface area contributed by atoms with Gasteiger partial charge >= 0.3 is 0 Å². The number of benzene rings is 2. The maximum atomic E-state index is 12.9. The second-order valence-corrected chi connectivity index (χ2v) is 10.9. The molecule has 2 aromatic rings. The van der Waals surface area contributed by atoms with Crippen molar-refractivity contribution in [2.75, 3.05) is 26.0 Å². The minimum absolute atomic E-state index is 0.0106. The third kappa shape index (κ3) is 6.81. The fraction of sp³-hybridized carbons (Fsp3) is 0.500. The molecule has 1 atom stereocenters. The summed E-state index contributed by atoms with van der Waals surface area (Å²) in [5, 5.41) is 3.18. The molecular weight excluding hydrogens is 436 g/mol. The molecule has 7 heteroatoms. The van der Waals surface area contributed by atoms with Crippen molar-refractivity contribution in [1.29, 1.82) is 0 Å². The van der Waals surface area contributed by atoms with E-state index in [0.717, 1.165) is 35.3 Å². The number of hydrogen-bond donors (Lipinski definition) is 1. The van der Waals surface area contributed by atoms with Crippen LogP contribution in [0.3, 0.4) is 0 Å². The highest BCUT2D eigenvalue weighted by Crippen LogP contribution is 2.26. The number of rotatable bonds is 10. The van der Waals surface area contributed by atoms with E-state index in [-0.39, 0.29) is 23.6 Å². The lowest BCUT2D eigenvalue weighted by Gasteiger charge is -2.31. The van der Waals surface area contributed by atoms with Gasteiger partial charge in [-0.2, -0.15) is 0 Å². The summed E-state index contributed by atoms with van der Waals surface area (Å²) in [5.41, 5.74) is 3.25. The lowest BCUT2D eigenvalue weighted by molar-refractivity contribution is -0.126. The molecular formula is C26H36N2O4S. The highest BCUT2D eigenvalue weighted by atomic mass is 32.2. The maximum Gasteiger partial charge on any atom is 0.223 e. The number of sulfonamides is 1. The van der Waals surface area contributed by atoms with Crippen LogP contribution in [0.5, 0.6) is 5.75 Å². The highest BCUT2D eigenvalue weighted by molar-refractivity contribution is 7.89. The number of hydrogen-bond acceptors (Lipinski definition) is 4. The fourth-order valence-corrected chi connectivity index (χ4v) is 5.99. The van der Waals surface area contributed by atoms with E-state index in [2.05, 4.69) is 18.3 Å². The van der Waals surface area contributed by atoms with Crippen molar-refractivity contribution in [3.63, 3.8) is 0 Å². The molecule has 0 spiro atoms. The monoisotopic (exact) mass is 472 g/mol. The number of carbonyl (C=O) groups excluding carboxylic acids is 1. The average molecular weight is 473 g/mol. The van der Waals surface area contributed by atoms with E-state index < -0.39 is 10.0 Å². The minimum Gasteiger partial charge on any atom is -0.496 e. The summed E-state index contributed by atoms with van der Waals surface area (Å²) in [4.78, 5) is 12.9. The van der Waals surface area contributed by atoms with Gasteiger partial charge in [0.25, 0.3) is 0 Å². The Hall–Kier alpha value is -2.38. The third-order valence-electron chi connectivity index (χ3n) is 6.47. The summed E-state index contributed by atoms with van der Waals surface area (Å²) >= 11 is 0. The molecule has 1 heterocycles. The molecule has 0 bridgehead atoms. The third-order valence-corrected chi connectivity index (χ3v) is 8.43. The van der Waals surface area contributed by atoms with Crippen molar-refractivity contribution in [3.8, 4) is 5.75 Å². The molecule has 6 nitrogen and oxygen atoms in total. The van der Waals surface area contributed by atoms with Gasteiger partial charge in [0.05, 0.1) is 18.9 Å². The average Bonchev–Trinajstić information content (AvgIpc) is 2.83. The maximum absolute atomic E-state index is 12.9. The largest absolute Gasteiger partial charge is 0.496 e. The van der Waals surface area contributed by atoms with Gasteiger partial charge in [-0.05, 0) is 61.8 Å². The quantitative estimate of drug-likeness (QED) is 0.561. The van der Waals surface area contributed by atoms with Crippen LogP contribution in [0.2, 0.25) is 0 Å². The van der Waals surface area contributed by atoms with Crippen LogP contribution in [0.4, 0.5) is 0 Å². The Kier molecular flexibility index (Phi) is 8.92. The van der Waals surface area contributed by atoms with Gasteiger partial charge in [0.1, 0.15) is 5.75 Å². The molecule has 1 aliphatic heterocycles. The molecule has 1 N–H and O–H groups in total. The Labute approximate surface area is 198 Å². The molecule has 0 saturated carbocycles. The first kappa shape index (κ1) is 25.2. The number of nitrogens with zero attached hydrogens (tertiary/aromatic N) is 1. The van der Waals surface area contributed by atoms with E-state index in [0.29, 0.717) is 32.4 Å². The van der Waals surface area contributed by atoms with Crippen molar-refractivity contribution in [3.05, 3.63) is 65.2 Å². The van der Waals surface area contributed by atoms with Crippen LogP contribution in [0, 0.1) is 12.8 Å². The van der Waals surface area contributed by atoms with Gasteiger partial charge in [0, 0.05) is 19.0 Å². The summed E-state index contributed by atoms with van der Waals surface area (Å²) in [7, 11) is -1.65. The van der Waals surface area contributed by atoms with E-state index in [1.807, 2.05) is 49.4 Å². The van der Waals surface area contributed by atoms with Crippen molar-refractivity contribution >= 4 is 15.9 Å². The van der Waals surface area contributed by atoms with Crippen LogP contribution in [0.25, 0.3) is 0 Å². The molecule has 1 amide bonds. The summed E-state index contributed by atoms with van der Waals surface area (Å²) in [5.74, 6) is 0.830. The standard InChI is InChI=1S/C26H36N2O4S/c1-4-24(23-12-13-25(32-3)20(2)19-23)27-26(29)22-14-16-28(17-15-22)33(30,31)18-8-11-21-9-6-5-7-10-21/h5-7,9-10,12-13,19,22,24H,4,8,11,14-18H2,1-3H3,(H,27,29)/t24-/m1/s1. The van der Waals surface area contributed by atoms with E-state index in [9.17, 15) is 13.2 Å². The summed E-state index contributed by atoms with van der Waals surface area (Å²) in [6.45, 7) is 4.86. The normalized spacial score (nSPS) is 16.3. The molecule has 0 radical (unpaired) electrons. The molecule has 1 aliphatic rings. The van der Waals surface area contributed by atoms with E-state index >= 15 is 0 Å². The van der Waals surface area contributed by atoms with Crippen molar-refractivity contribution in [2.45, 2.75) is 52.0 Å². The molecule has 3 rings (SSSR count). The molecule has 0 unspecified atom stereocenters. The lowest BCUT2D eigenvalue weighted by Crippen LogP contribution is -2.44. The highest BCUT2D eigenvalue weighted by Gasteiger charge is 2.31. The van der Waals surface area contributed by atoms with Crippen LogP contribution >= 0.6 is 0 Å². The molecule has 180 valence electrons. The van der Waals surface area contributed by atoms with Gasteiger partial charge in [0.2, 0.25) is 15.9 Å². The first-order chi connectivity index (χ1) is 15.8. The number of aryl methyl sites for hydroxylation is 2. The SMILES string of the molecule is CC[C@@H](NC(=O)C1CCN(S(=O)(=O)CCCc2ccccc2)CC1)c1ccc(OC)c(C)c1. The van der Waals surface area contributed by atoms with Crippen LogP contribution in [-0.2, 0) is 21.2 Å². The topological polar surface area (TPSA) is 75.7 Å². The van der Waals surface area contributed by atoms with Crippen LogP contribution in [-0.4, -0.2) is 44.6 Å². The number of carbonyl (C=O) groups is 1. The lowest BCUT2D eigenvalue weighted by atomic mass is 9.95. The molecule has 1 fully saturated rings. The van der Waals surface area contributed by atoms with Crippen molar-refractivity contribution in [2.24, 2.45) is 5.92 Å². The molecule has 0 aliphatic carbocycles. The first-order valence-electron chi connectivity index (χ1n) is 11.8. The number of amides is 1. The van der Waals surface area contributed by atoms with Gasteiger partial charge in [0.15, 0.2) is 0 Å². The Bertz CT molecular complexity index is 1020. The summed E-state index contributed by atoms with van der Waals surface area (Å²) in [6.07, 6.45) is 3.25. The van der Waals surface area contributed by atoms with Gasteiger partial charge in [-0.1, -0.05) is 49.4 Å². The zero-order chi connectivity index (χ0) is 23.8. The van der Waals surface area contributed by atoms with Crippen molar-refractivity contribution < 1.29 is 17.9 Å². The Morgan fingerprint density at radius 3 is 2.45 bits per heavy atom. The van der Waals surface area contributed by atoms with Gasteiger partial charge < -0.3 is 10.1 Å². The smallest absolute Gasteiger partial charge is 0.223 e. The van der Waals surface area contributed by atoms with E-state index in [4.69, 9.17) is 4.74 Å². The van der Waals surface area contributed by atoms with Crippen LogP contribution < -0.4 is 10.1 Å². The van der Waals surface area contributed by atoms with E-state index in [1.165, 1.54) is 0 Å². The number of methoxy groups -OCH3 is 1. The van der Waals surface area contributed by atoms with Crippen LogP contribution in [0.1, 0.15) is 55.3 Å². The molecule has 0 aromatic heterocycles. The van der Waals surface area contributed by atoms with E-state index in [1.54, 1.807) is 11.4 Å². The summed E-state index contributed by atoms with van der Waals surface area (Å²) < 4.78 is 32.4. The summed E-state index contributed by atoms with van der Waals surface area (Å²) in [6, 6.07) is 15.9. The zero-order valence-corrected chi connectivity index (χ0v) is 20.7. The zero-order valence-electron chi connectivity index (χ0n) is 19.9. The Balaban J connectivity index is 1.49. The molecule has 1 saturated heterocycles. The molecule has 33 heavy (non-hydrogen) atoms. The minimum atomic E-state index is -3.29. The van der Waals surface area contributed by atoms with Gasteiger partial charge in [-0.3, -0.25) is 4.79 Å². The second kappa shape index (κ2) is 11.7. The Morgan fingerprint density at radius 1 is 1.15 bits per heavy atom.